The van der Waals surface area contributed by atoms with Crippen molar-refractivity contribution in [3.63, 3.8) is 0 Å². The molecule has 0 spiro atoms. The van der Waals surface area contributed by atoms with Crippen molar-refractivity contribution in [2.75, 3.05) is 18.4 Å². The van der Waals surface area contributed by atoms with Gasteiger partial charge in [-0.05, 0) is 36.4 Å². The Labute approximate surface area is 176 Å². The molecule has 1 aromatic carbocycles. The molecule has 0 aliphatic rings. The molecule has 14 heteroatoms. The highest BCUT2D eigenvalue weighted by atomic mass is 32.2. The number of sulfonamides is 1. The van der Waals surface area contributed by atoms with Crippen molar-refractivity contribution >= 4 is 15.8 Å². The minimum atomic E-state index is -3.89. The molecule has 12 nitrogen and oxygen atoms in total. The summed E-state index contributed by atoms with van der Waals surface area (Å²) in [6, 6.07) is 6.84. The van der Waals surface area contributed by atoms with Crippen LogP contribution in [0.4, 0.5) is 10.2 Å². The van der Waals surface area contributed by atoms with Crippen LogP contribution in [0.15, 0.2) is 47.6 Å². The average molecular weight is 444 g/mol. The lowest BCUT2D eigenvalue weighted by atomic mass is 10.2. The van der Waals surface area contributed by atoms with Crippen LogP contribution in [0, 0.1) is 12.7 Å². The van der Waals surface area contributed by atoms with Gasteiger partial charge in [0.15, 0.2) is 5.82 Å². The third-order valence-corrected chi connectivity index (χ3v) is 5.58. The molecule has 0 unspecified atom stereocenters. The Morgan fingerprint density at radius 2 is 2.06 bits per heavy atom. The first-order valence-corrected chi connectivity index (χ1v) is 10.5. The maximum absolute atomic E-state index is 14.0. The van der Waals surface area contributed by atoms with Crippen LogP contribution < -0.4 is 10.0 Å². The number of tetrazole rings is 1. The Hall–Kier alpha value is -3.78. The maximum Gasteiger partial charge on any atom is 0.240 e. The smallest absolute Gasteiger partial charge is 0.240 e. The van der Waals surface area contributed by atoms with Gasteiger partial charge in [0.1, 0.15) is 17.5 Å². The van der Waals surface area contributed by atoms with Crippen molar-refractivity contribution in [3.05, 3.63) is 54.4 Å². The van der Waals surface area contributed by atoms with E-state index in [1.165, 1.54) is 6.07 Å². The molecule has 3 aromatic heterocycles. The van der Waals surface area contributed by atoms with Crippen molar-refractivity contribution < 1.29 is 12.8 Å². The lowest BCUT2D eigenvalue weighted by Gasteiger charge is -2.10. The Kier molecular flexibility index (Phi) is 5.64. The van der Waals surface area contributed by atoms with E-state index in [2.05, 4.69) is 45.7 Å². The largest absolute Gasteiger partial charge is 0.369 e. The molecule has 0 bridgehead atoms. The molecule has 0 saturated carbocycles. The molecule has 0 fully saturated rings. The van der Waals surface area contributed by atoms with Crippen LogP contribution in [0.3, 0.4) is 0 Å². The molecule has 0 radical (unpaired) electrons. The van der Waals surface area contributed by atoms with Gasteiger partial charge in [-0.1, -0.05) is 0 Å². The van der Waals surface area contributed by atoms with Crippen LogP contribution >= 0.6 is 0 Å². The van der Waals surface area contributed by atoms with Crippen LogP contribution in [-0.2, 0) is 10.0 Å². The molecular formula is C17H17FN10O2S. The number of rotatable bonds is 8. The third-order valence-electron chi connectivity index (χ3n) is 4.12. The first kappa shape index (κ1) is 20.5. The standard InChI is InChI=1S/C17H17FN10O2S/c1-11-22-15(10-16(23-11)28-8-2-5-20-28)19-6-7-21-31(29,30)12-3-4-14(18)13(9-12)17-24-26-27-25-17/h2-5,8-10,21H,6-7H2,1H3,(H,19,22,23)(H,24,25,26,27). The molecule has 3 N–H and O–H groups in total. The van der Waals surface area contributed by atoms with Gasteiger partial charge in [-0.2, -0.15) is 10.3 Å². The maximum atomic E-state index is 14.0. The quantitative estimate of drug-likeness (QED) is 0.333. The van der Waals surface area contributed by atoms with Crippen LogP contribution in [0.2, 0.25) is 0 Å². The van der Waals surface area contributed by atoms with Gasteiger partial charge < -0.3 is 5.32 Å². The Balaban J connectivity index is 1.41. The number of aromatic nitrogens is 8. The Morgan fingerprint density at radius 3 is 2.81 bits per heavy atom. The van der Waals surface area contributed by atoms with Crippen molar-refractivity contribution in [3.8, 4) is 17.2 Å². The number of anilines is 1. The van der Waals surface area contributed by atoms with Gasteiger partial charge in [-0.3, -0.25) is 0 Å². The van der Waals surface area contributed by atoms with E-state index in [1.54, 1.807) is 36.1 Å². The Bertz CT molecular complexity index is 1280. The molecule has 4 aromatic rings. The van der Waals surface area contributed by atoms with E-state index in [4.69, 9.17) is 0 Å². The summed E-state index contributed by atoms with van der Waals surface area (Å²) in [4.78, 5) is 8.47. The summed E-state index contributed by atoms with van der Waals surface area (Å²) < 4.78 is 43.2. The minimum Gasteiger partial charge on any atom is -0.369 e. The molecule has 0 atom stereocenters. The van der Waals surface area contributed by atoms with Gasteiger partial charge in [-0.25, -0.2) is 32.2 Å². The first-order valence-electron chi connectivity index (χ1n) is 9.05. The zero-order chi connectivity index (χ0) is 21.8. The highest BCUT2D eigenvalue weighted by molar-refractivity contribution is 7.89. The minimum absolute atomic E-state index is 0.0386. The van der Waals surface area contributed by atoms with Crippen LogP contribution in [0.25, 0.3) is 17.2 Å². The Morgan fingerprint density at radius 1 is 1.19 bits per heavy atom. The van der Waals surface area contributed by atoms with E-state index in [1.807, 2.05) is 0 Å². The highest BCUT2D eigenvalue weighted by Crippen LogP contribution is 2.22. The zero-order valence-electron chi connectivity index (χ0n) is 16.2. The summed E-state index contributed by atoms with van der Waals surface area (Å²) in [5.41, 5.74) is -0.0719. The van der Waals surface area contributed by atoms with Crippen molar-refractivity contribution in [2.24, 2.45) is 0 Å². The number of hydrogen-bond donors (Lipinski definition) is 3. The first-order chi connectivity index (χ1) is 14.9. The summed E-state index contributed by atoms with van der Waals surface area (Å²) in [6.45, 7) is 2.07. The molecule has 4 rings (SSSR count). The van der Waals surface area contributed by atoms with Gasteiger partial charge in [0.2, 0.25) is 15.8 Å². The number of H-pyrrole nitrogens is 1. The SMILES string of the molecule is Cc1nc(NCCNS(=O)(=O)c2ccc(F)c(-c3nn[nH]n3)c2)cc(-n2cccn2)n1. The molecule has 0 aliphatic carbocycles. The zero-order valence-corrected chi connectivity index (χ0v) is 17.0. The number of benzene rings is 1. The lowest BCUT2D eigenvalue weighted by molar-refractivity contribution is 0.582. The fraction of sp³-hybridized carbons (Fsp3) is 0.176. The van der Waals surface area contributed by atoms with Crippen molar-refractivity contribution in [1.29, 1.82) is 0 Å². The molecular weight excluding hydrogens is 427 g/mol. The fourth-order valence-electron chi connectivity index (χ4n) is 2.74. The van der Waals surface area contributed by atoms with E-state index < -0.39 is 15.8 Å². The lowest BCUT2D eigenvalue weighted by Crippen LogP contribution is -2.29. The molecule has 0 amide bonds. The van der Waals surface area contributed by atoms with Crippen LogP contribution in [0.5, 0.6) is 0 Å². The number of hydrogen-bond acceptors (Lipinski definition) is 9. The second-order valence-electron chi connectivity index (χ2n) is 6.31. The van der Waals surface area contributed by atoms with Gasteiger partial charge >= 0.3 is 0 Å². The summed E-state index contributed by atoms with van der Waals surface area (Å²) in [5.74, 6) is 0.952. The monoisotopic (exact) mass is 444 g/mol. The second kappa shape index (κ2) is 8.53. The number of nitrogens with one attached hydrogen (secondary N) is 3. The van der Waals surface area contributed by atoms with E-state index in [9.17, 15) is 12.8 Å². The summed E-state index contributed by atoms with van der Waals surface area (Å²) in [6.07, 6.45) is 3.39. The van der Waals surface area contributed by atoms with E-state index >= 15 is 0 Å². The summed E-state index contributed by atoms with van der Waals surface area (Å²) in [7, 11) is -3.89. The number of aromatic amines is 1. The molecule has 160 valence electrons. The molecule has 0 aliphatic heterocycles. The normalized spacial score (nSPS) is 11.5. The molecule has 3 heterocycles. The van der Waals surface area contributed by atoms with Gasteiger partial charge in [0.25, 0.3) is 0 Å². The average Bonchev–Trinajstić information content (AvgIpc) is 3.45. The number of halogens is 1. The van der Waals surface area contributed by atoms with Gasteiger partial charge in [0, 0.05) is 31.5 Å². The van der Waals surface area contributed by atoms with Crippen LogP contribution in [-0.4, -0.2) is 61.9 Å². The van der Waals surface area contributed by atoms with Gasteiger partial charge in [-0.15, -0.1) is 10.2 Å². The highest BCUT2D eigenvalue weighted by Gasteiger charge is 2.18. The summed E-state index contributed by atoms with van der Waals surface area (Å²) >= 11 is 0. The van der Waals surface area contributed by atoms with Crippen LogP contribution in [0.1, 0.15) is 5.82 Å². The summed E-state index contributed by atoms with van der Waals surface area (Å²) in [5, 5.41) is 20.1. The topological polar surface area (TPSA) is 156 Å². The fourth-order valence-corrected chi connectivity index (χ4v) is 3.80. The molecule has 0 saturated heterocycles. The second-order valence-corrected chi connectivity index (χ2v) is 8.08. The third kappa shape index (κ3) is 4.70. The van der Waals surface area contributed by atoms with E-state index in [0.717, 1.165) is 12.1 Å². The van der Waals surface area contributed by atoms with E-state index in [-0.39, 0.29) is 29.4 Å². The number of nitrogens with zero attached hydrogens (tertiary/aromatic N) is 7. The van der Waals surface area contributed by atoms with E-state index in [0.29, 0.717) is 17.5 Å². The predicted molar refractivity (Wildman–Crippen MR) is 107 cm³/mol. The van der Waals surface area contributed by atoms with Crippen molar-refractivity contribution in [1.82, 2.24) is 45.1 Å². The van der Waals surface area contributed by atoms with Gasteiger partial charge in [0.05, 0.1) is 10.5 Å². The predicted octanol–water partition coefficient (Wildman–Crippen LogP) is 0.680. The van der Waals surface area contributed by atoms with Crippen molar-refractivity contribution in [2.45, 2.75) is 11.8 Å². The molecule has 31 heavy (non-hydrogen) atoms. The number of aryl methyl sites for hydroxylation is 1.